The molecule has 2 nitrogen and oxygen atoms in total. The van der Waals surface area contributed by atoms with Crippen molar-refractivity contribution < 1.29 is 9.13 Å². The number of rotatable bonds is 4. The highest BCUT2D eigenvalue weighted by Crippen LogP contribution is 2.30. The lowest BCUT2D eigenvalue weighted by Gasteiger charge is -2.24. The van der Waals surface area contributed by atoms with Crippen LogP contribution in [0.5, 0.6) is 0 Å². The first-order valence-corrected chi connectivity index (χ1v) is 5.88. The van der Waals surface area contributed by atoms with Crippen LogP contribution in [0, 0.1) is 11.7 Å². The third kappa shape index (κ3) is 2.42. The van der Waals surface area contributed by atoms with E-state index in [4.69, 9.17) is 4.74 Å². The lowest BCUT2D eigenvalue weighted by Crippen LogP contribution is -2.29. The van der Waals surface area contributed by atoms with Gasteiger partial charge >= 0.3 is 0 Å². The van der Waals surface area contributed by atoms with Crippen LogP contribution in [0.25, 0.3) is 0 Å². The van der Waals surface area contributed by atoms with E-state index in [1.165, 1.54) is 6.07 Å². The molecule has 3 heteroatoms. The molecular weight excluding hydrogens is 205 g/mol. The molecule has 0 radical (unpaired) electrons. The van der Waals surface area contributed by atoms with Crippen molar-refractivity contribution >= 4 is 0 Å². The summed E-state index contributed by atoms with van der Waals surface area (Å²) in [4.78, 5) is 0. The molecule has 0 aliphatic carbocycles. The summed E-state index contributed by atoms with van der Waals surface area (Å²) in [5.74, 6) is 0.261. The van der Waals surface area contributed by atoms with Gasteiger partial charge in [0.25, 0.3) is 0 Å². The van der Waals surface area contributed by atoms with Gasteiger partial charge < -0.3 is 10.1 Å². The summed E-state index contributed by atoms with van der Waals surface area (Å²) in [6, 6.07) is 7.08. The van der Waals surface area contributed by atoms with E-state index in [1.54, 1.807) is 6.07 Å². The van der Waals surface area contributed by atoms with Crippen LogP contribution >= 0.6 is 0 Å². The summed E-state index contributed by atoms with van der Waals surface area (Å²) in [5.41, 5.74) is 0.764. The van der Waals surface area contributed by atoms with Gasteiger partial charge in [-0.25, -0.2) is 4.39 Å². The molecule has 1 heterocycles. The molecule has 1 aliphatic rings. The maximum absolute atomic E-state index is 13.7. The second kappa shape index (κ2) is 5.41. The fourth-order valence-electron chi connectivity index (χ4n) is 2.29. The highest BCUT2D eigenvalue weighted by Gasteiger charge is 2.27. The third-order valence-electron chi connectivity index (χ3n) is 3.10. The van der Waals surface area contributed by atoms with Crippen LogP contribution in [0.2, 0.25) is 0 Å². The number of hydrogen-bond donors (Lipinski definition) is 1. The van der Waals surface area contributed by atoms with Gasteiger partial charge in [-0.3, -0.25) is 0 Å². The first kappa shape index (κ1) is 11.6. The fraction of sp³-hybridized carbons (Fsp3) is 0.538. The minimum atomic E-state index is -0.125. The molecule has 0 bridgehead atoms. The largest absolute Gasteiger partial charge is 0.381 e. The van der Waals surface area contributed by atoms with Gasteiger partial charge in [-0.05, 0) is 19.0 Å². The molecule has 0 amide bonds. The second-order valence-corrected chi connectivity index (χ2v) is 4.18. The number of ether oxygens (including phenoxy) is 1. The zero-order chi connectivity index (χ0) is 11.4. The molecule has 88 valence electrons. The fourth-order valence-corrected chi connectivity index (χ4v) is 2.29. The van der Waals surface area contributed by atoms with Gasteiger partial charge in [-0.2, -0.15) is 0 Å². The third-order valence-corrected chi connectivity index (χ3v) is 3.10. The van der Waals surface area contributed by atoms with Crippen molar-refractivity contribution in [2.45, 2.75) is 19.4 Å². The van der Waals surface area contributed by atoms with Gasteiger partial charge in [0.15, 0.2) is 0 Å². The van der Waals surface area contributed by atoms with Crippen LogP contribution in [0.3, 0.4) is 0 Å². The Morgan fingerprint density at radius 1 is 1.50 bits per heavy atom. The Balaban J connectivity index is 2.21. The van der Waals surface area contributed by atoms with Crippen molar-refractivity contribution in [3.05, 3.63) is 35.6 Å². The minimum Gasteiger partial charge on any atom is -0.381 e. The lowest BCUT2D eigenvalue weighted by molar-refractivity contribution is 0.176. The highest BCUT2D eigenvalue weighted by atomic mass is 19.1. The Morgan fingerprint density at radius 3 is 2.94 bits per heavy atom. The molecule has 0 saturated carbocycles. The topological polar surface area (TPSA) is 21.3 Å². The van der Waals surface area contributed by atoms with E-state index in [1.807, 2.05) is 19.1 Å². The molecular formula is C13H18FNO. The van der Waals surface area contributed by atoms with Crippen molar-refractivity contribution in [3.63, 3.8) is 0 Å². The quantitative estimate of drug-likeness (QED) is 0.846. The normalized spacial score (nSPS) is 22.2. The minimum absolute atomic E-state index is 0.0775. The molecule has 2 unspecified atom stereocenters. The number of halogens is 1. The van der Waals surface area contributed by atoms with Crippen LogP contribution in [0.15, 0.2) is 24.3 Å². The van der Waals surface area contributed by atoms with Gasteiger partial charge in [-0.1, -0.05) is 25.1 Å². The van der Waals surface area contributed by atoms with E-state index in [0.717, 1.165) is 31.7 Å². The monoisotopic (exact) mass is 223 g/mol. The zero-order valence-electron chi connectivity index (χ0n) is 9.58. The van der Waals surface area contributed by atoms with Crippen molar-refractivity contribution in [1.29, 1.82) is 0 Å². The van der Waals surface area contributed by atoms with Gasteiger partial charge in [0.2, 0.25) is 0 Å². The Kier molecular flexibility index (Phi) is 3.91. The standard InChI is InChI=1S/C13H18FNO/c1-2-15-13(10-7-8-16-9-10)11-5-3-4-6-12(11)14/h3-6,10,13,15H,2,7-9H2,1H3. The molecule has 1 aliphatic heterocycles. The maximum atomic E-state index is 13.7. The molecule has 0 spiro atoms. The summed E-state index contributed by atoms with van der Waals surface area (Å²) < 4.78 is 19.1. The number of nitrogens with one attached hydrogen (secondary N) is 1. The molecule has 1 aromatic carbocycles. The molecule has 2 rings (SSSR count). The predicted octanol–water partition coefficient (Wildman–Crippen LogP) is 2.51. The highest BCUT2D eigenvalue weighted by molar-refractivity contribution is 5.22. The Hall–Kier alpha value is -0.930. The smallest absolute Gasteiger partial charge is 0.127 e. The first-order chi connectivity index (χ1) is 7.83. The molecule has 1 aromatic rings. The molecule has 1 fully saturated rings. The van der Waals surface area contributed by atoms with Crippen molar-refractivity contribution in [2.24, 2.45) is 5.92 Å². The van der Waals surface area contributed by atoms with E-state index in [0.29, 0.717) is 5.92 Å². The molecule has 0 aromatic heterocycles. The molecule has 2 atom stereocenters. The van der Waals surface area contributed by atoms with Crippen LogP contribution in [0.1, 0.15) is 24.9 Å². The van der Waals surface area contributed by atoms with Crippen molar-refractivity contribution in [3.8, 4) is 0 Å². The van der Waals surface area contributed by atoms with E-state index >= 15 is 0 Å². The molecule has 1 saturated heterocycles. The number of benzene rings is 1. The van der Waals surface area contributed by atoms with Gasteiger partial charge in [-0.15, -0.1) is 0 Å². The summed E-state index contributed by atoms with van der Waals surface area (Å²) in [6.45, 7) is 4.41. The Labute approximate surface area is 95.8 Å². The second-order valence-electron chi connectivity index (χ2n) is 4.18. The van der Waals surface area contributed by atoms with E-state index in [2.05, 4.69) is 5.32 Å². The summed E-state index contributed by atoms with van der Waals surface area (Å²) in [6.07, 6.45) is 1.01. The van der Waals surface area contributed by atoms with Gasteiger partial charge in [0, 0.05) is 24.1 Å². The van der Waals surface area contributed by atoms with Crippen molar-refractivity contribution in [1.82, 2.24) is 5.32 Å². The van der Waals surface area contributed by atoms with E-state index in [9.17, 15) is 4.39 Å². The van der Waals surface area contributed by atoms with Gasteiger partial charge in [0.05, 0.1) is 6.61 Å². The summed E-state index contributed by atoms with van der Waals surface area (Å²) in [5, 5.41) is 3.36. The maximum Gasteiger partial charge on any atom is 0.127 e. The Bertz CT molecular complexity index is 336. The first-order valence-electron chi connectivity index (χ1n) is 5.88. The zero-order valence-corrected chi connectivity index (χ0v) is 9.58. The van der Waals surface area contributed by atoms with Crippen molar-refractivity contribution in [2.75, 3.05) is 19.8 Å². The van der Waals surface area contributed by atoms with E-state index < -0.39 is 0 Å². The number of hydrogen-bond acceptors (Lipinski definition) is 2. The SMILES string of the molecule is CCNC(c1ccccc1F)C1CCOC1. The van der Waals surface area contributed by atoms with Crippen LogP contribution < -0.4 is 5.32 Å². The lowest BCUT2D eigenvalue weighted by atomic mass is 9.92. The summed E-state index contributed by atoms with van der Waals surface area (Å²) >= 11 is 0. The molecule has 1 N–H and O–H groups in total. The predicted molar refractivity (Wildman–Crippen MR) is 61.7 cm³/mol. The Morgan fingerprint density at radius 2 is 2.31 bits per heavy atom. The average Bonchev–Trinajstić information content (AvgIpc) is 2.80. The van der Waals surface area contributed by atoms with Crippen LogP contribution in [-0.4, -0.2) is 19.8 Å². The van der Waals surface area contributed by atoms with Gasteiger partial charge in [0.1, 0.15) is 5.82 Å². The van der Waals surface area contributed by atoms with Crippen LogP contribution in [0.4, 0.5) is 4.39 Å². The summed E-state index contributed by atoms with van der Waals surface area (Å²) in [7, 11) is 0. The van der Waals surface area contributed by atoms with Crippen LogP contribution in [-0.2, 0) is 4.74 Å². The average molecular weight is 223 g/mol. The molecule has 16 heavy (non-hydrogen) atoms. The van der Waals surface area contributed by atoms with E-state index in [-0.39, 0.29) is 11.9 Å².